The number of ether oxygens (including phenoxy) is 2. The molecule has 0 aliphatic carbocycles. The van der Waals surface area contributed by atoms with Crippen LogP contribution in [-0.4, -0.2) is 85.6 Å². The molecule has 5 aromatic carbocycles. The first-order valence-electron chi connectivity index (χ1n) is 16.2. The maximum Gasteiger partial charge on any atom is 0.398 e. The van der Waals surface area contributed by atoms with Crippen molar-refractivity contribution in [2.45, 2.75) is 19.6 Å². The van der Waals surface area contributed by atoms with E-state index in [9.17, 15) is 60.9 Å². The number of nitrogens with two attached hydrogens (primary N) is 3. The van der Waals surface area contributed by atoms with Crippen LogP contribution in [0, 0.1) is 0 Å². The molecule has 5 rings (SSSR count). The number of nitrogen functional groups attached to an aromatic ring is 3. The molecule has 0 atom stereocenters. The summed E-state index contributed by atoms with van der Waals surface area (Å²) in [4.78, 5) is -3.30. The fourth-order valence-corrected chi connectivity index (χ4v) is 8.94. The van der Waals surface area contributed by atoms with Crippen molar-refractivity contribution in [1.82, 2.24) is 0 Å². The van der Waals surface area contributed by atoms with Gasteiger partial charge in [0.1, 0.15) is 60.4 Å². The van der Waals surface area contributed by atoms with E-state index in [0.29, 0.717) is 12.1 Å². The van der Waals surface area contributed by atoms with Gasteiger partial charge in [-0.15, -0.1) is 25.6 Å². The van der Waals surface area contributed by atoms with Crippen molar-refractivity contribution in [3.05, 3.63) is 60.7 Å². The Morgan fingerprint density at radius 1 is 0.556 bits per heavy atom. The Morgan fingerprint density at radius 3 is 1.75 bits per heavy atom. The number of hydrogen-bond acceptors (Lipinski definition) is 23. The van der Waals surface area contributed by atoms with Crippen molar-refractivity contribution < 1.29 is 79.1 Å². The second-order valence-electron chi connectivity index (χ2n) is 12.2. The summed E-state index contributed by atoms with van der Waals surface area (Å²) in [6.07, 6.45) is 0. The summed E-state index contributed by atoms with van der Waals surface area (Å²) in [5, 5.41) is 33.5. The van der Waals surface area contributed by atoms with Crippen LogP contribution < -0.4 is 26.7 Å². The molecule has 0 bridgehead atoms. The fraction of sp³-hybridized carbons (Fsp3) is 0.0968. The topological polar surface area (TPSA) is 452 Å². The summed E-state index contributed by atoms with van der Waals surface area (Å²) in [5.74, 6) is -3.09. The van der Waals surface area contributed by atoms with Crippen LogP contribution in [0.5, 0.6) is 17.2 Å². The van der Waals surface area contributed by atoms with Crippen LogP contribution in [0.15, 0.2) is 111 Å². The summed E-state index contributed by atoms with van der Waals surface area (Å²) < 4.78 is 173. The molecular weight excluding hydrogens is 947 g/mol. The number of hydrogen-bond donors (Lipinski definition) is 8. The second-order valence-corrected chi connectivity index (χ2v) is 19.4. The smallest absolute Gasteiger partial charge is 0.398 e. The van der Waals surface area contributed by atoms with Gasteiger partial charge in [0, 0.05) is 18.2 Å². The molecule has 0 fully saturated rings. The molecule has 0 aliphatic heterocycles. The first kappa shape index (κ1) is 47.6. The highest BCUT2D eigenvalue weighted by Crippen LogP contribution is 2.46. The van der Waals surface area contributed by atoms with Crippen LogP contribution in [-0.2, 0) is 54.8 Å². The van der Waals surface area contributed by atoms with Crippen LogP contribution in [0.25, 0.3) is 10.8 Å². The normalized spacial score (nSPS) is 13.1. The largest absolute Gasteiger partial charge is 0.507 e. The lowest BCUT2D eigenvalue weighted by molar-refractivity contribution is 0.305. The third-order valence-electron chi connectivity index (χ3n) is 8.13. The van der Waals surface area contributed by atoms with Gasteiger partial charge in [-0.3, -0.25) is 18.2 Å². The Morgan fingerprint density at radius 2 is 1.16 bits per heavy atom. The number of nitrogens with zero attached hydrogens (tertiary/aromatic N) is 6. The lowest BCUT2D eigenvalue weighted by Gasteiger charge is -2.13. The molecule has 0 heterocycles. The maximum atomic E-state index is 12.8. The zero-order valence-corrected chi connectivity index (χ0v) is 35.6. The third kappa shape index (κ3) is 10.8. The monoisotopic (exact) mass is 975 g/mol. The van der Waals surface area contributed by atoms with E-state index in [-0.39, 0.29) is 39.3 Å². The van der Waals surface area contributed by atoms with Crippen LogP contribution in [0.1, 0.15) is 0 Å². The number of methoxy groups -OCH3 is 2. The van der Waals surface area contributed by atoms with Gasteiger partial charge in [-0.25, -0.2) is 12.6 Å². The number of sulfone groups is 1. The number of benzene rings is 5. The number of rotatable bonds is 15. The summed E-state index contributed by atoms with van der Waals surface area (Å²) in [6.45, 7) is 0. The van der Waals surface area contributed by atoms with Crippen LogP contribution in [0.4, 0.5) is 51.2 Å². The van der Waals surface area contributed by atoms with Gasteiger partial charge in [-0.1, -0.05) is 6.07 Å². The first-order chi connectivity index (χ1) is 29.1. The molecule has 11 N–H and O–H groups in total. The van der Waals surface area contributed by atoms with Crippen molar-refractivity contribution >= 4 is 113 Å². The number of azo groups is 3. The summed E-state index contributed by atoms with van der Waals surface area (Å²) in [5.41, 5.74) is 14.0. The zero-order chi connectivity index (χ0) is 47.0. The summed E-state index contributed by atoms with van der Waals surface area (Å²) in [7, 11) is -22.8. The number of phenolic OH excluding ortho intramolecular Hbond substituents is 1. The average molecular weight is 976 g/mol. The molecule has 0 unspecified atom stereocenters. The number of aromatic hydroxyl groups is 1. The number of anilines is 3. The summed E-state index contributed by atoms with van der Waals surface area (Å²) in [6, 6.07) is 9.47. The maximum absolute atomic E-state index is 12.8. The van der Waals surface area contributed by atoms with Gasteiger partial charge in [0.25, 0.3) is 30.4 Å². The molecule has 0 saturated carbocycles. The van der Waals surface area contributed by atoms with Crippen LogP contribution in [0.3, 0.4) is 0 Å². The number of fused-ring (bicyclic) bond motifs is 1. The van der Waals surface area contributed by atoms with Crippen molar-refractivity contribution in [3.63, 3.8) is 0 Å². The highest BCUT2D eigenvalue weighted by Gasteiger charge is 2.27. The van der Waals surface area contributed by atoms with E-state index in [1.807, 2.05) is 0 Å². The molecule has 0 radical (unpaired) electrons. The molecule has 32 heteroatoms. The van der Waals surface area contributed by atoms with Gasteiger partial charge in [0.15, 0.2) is 5.94 Å². The molecule has 27 nitrogen and oxygen atoms in total. The van der Waals surface area contributed by atoms with Gasteiger partial charge in [-0.05, 0) is 41.8 Å². The van der Waals surface area contributed by atoms with Gasteiger partial charge in [0.05, 0.1) is 47.3 Å². The number of phenols is 1. The average Bonchev–Trinajstić information content (AvgIpc) is 3.17. The first-order valence-corrected chi connectivity index (χ1v) is 23.6. The Balaban J connectivity index is 1.57. The minimum atomic E-state index is -5.18. The van der Waals surface area contributed by atoms with E-state index in [4.69, 9.17) is 31.2 Å². The van der Waals surface area contributed by atoms with E-state index in [2.05, 4.69) is 34.9 Å². The zero-order valence-electron chi connectivity index (χ0n) is 31.5. The highest BCUT2D eigenvalue weighted by atomic mass is 32.3. The minimum Gasteiger partial charge on any atom is -0.507 e. The van der Waals surface area contributed by atoms with Gasteiger partial charge >= 0.3 is 10.4 Å². The Bertz CT molecular complexity index is 3380. The summed E-state index contributed by atoms with van der Waals surface area (Å²) >= 11 is 0. The predicted octanol–water partition coefficient (Wildman–Crippen LogP) is 4.85. The van der Waals surface area contributed by atoms with E-state index < -0.39 is 116 Å². The molecule has 0 spiro atoms. The Hall–Kier alpha value is -6.49. The van der Waals surface area contributed by atoms with Crippen LogP contribution in [0.2, 0.25) is 0 Å². The molecule has 63 heavy (non-hydrogen) atoms. The van der Waals surface area contributed by atoms with E-state index in [1.54, 1.807) is 0 Å². The van der Waals surface area contributed by atoms with Crippen molar-refractivity contribution in [1.29, 1.82) is 0 Å². The van der Waals surface area contributed by atoms with Crippen molar-refractivity contribution in [2.24, 2.45) is 30.7 Å². The van der Waals surface area contributed by atoms with Crippen LogP contribution >= 0.6 is 0 Å². The molecule has 0 aliphatic rings. The van der Waals surface area contributed by atoms with Gasteiger partial charge in [-0.2, -0.15) is 38.8 Å². The Labute approximate surface area is 355 Å². The Kier molecular flexibility index (Phi) is 13.1. The van der Waals surface area contributed by atoms with E-state index in [0.717, 1.165) is 50.6 Å². The predicted molar refractivity (Wildman–Crippen MR) is 218 cm³/mol. The molecule has 0 amide bonds. The fourth-order valence-electron chi connectivity index (χ4n) is 5.27. The lowest BCUT2D eigenvalue weighted by atomic mass is 10.1. The third-order valence-corrected chi connectivity index (χ3v) is 12.7. The molecular formula is C31H29N9O18S5. The molecule has 0 saturated heterocycles. The van der Waals surface area contributed by atoms with Crippen molar-refractivity contribution in [3.8, 4) is 17.2 Å². The molecule has 5 aromatic rings. The van der Waals surface area contributed by atoms with Gasteiger partial charge in [0.2, 0.25) is 9.84 Å². The quantitative estimate of drug-likeness (QED) is 0.0395. The minimum absolute atomic E-state index is 0.0244. The SMILES string of the molecule is COc1cc(S(=O)(=O)COS(=O)(=O)O)c(OC)cc1/N=N/c1c(N)c(/N=N/c2ccc(/N=N/c3c(N)ccc4cc(S(=O)(=O)O)cc(O)c34)c(S(=O)(=O)O)c2)cc(S(=O)(=O)O)c1N. The van der Waals surface area contributed by atoms with E-state index in [1.165, 1.54) is 12.1 Å². The second kappa shape index (κ2) is 17.3. The van der Waals surface area contributed by atoms with Crippen molar-refractivity contribution in [2.75, 3.05) is 37.4 Å². The standard InChI is InChI=1S/C31H29N9O18S5/c1-56-22-12-25(59(42,43)13-58-63(53,54)55)23(57-2)10-19(22)37-40-31-28(33)20(11-26(29(31)34)62(50,51)52)38-35-15-4-6-18(24(8-15)61(47,48)49)36-39-30-17(32)5-3-14-7-16(60(44,45)46)9-21(41)27(14)30/h3-12,41H,13,32-34H2,1-2H3,(H,44,45,46)(H,47,48,49)(H,50,51,52)(H,53,54,55)/b38-35+,39-36+,40-37+. The molecule has 336 valence electrons. The molecule has 0 aromatic heterocycles. The van der Waals surface area contributed by atoms with Gasteiger partial charge < -0.3 is 31.8 Å². The lowest BCUT2D eigenvalue weighted by Crippen LogP contribution is -2.15. The van der Waals surface area contributed by atoms with E-state index >= 15 is 0 Å². The highest BCUT2D eigenvalue weighted by molar-refractivity contribution is 7.92.